The Bertz CT molecular complexity index is 516. The molecule has 2 aromatic rings. The molecule has 0 amide bonds. The van der Waals surface area contributed by atoms with Crippen molar-refractivity contribution in [3.05, 3.63) is 47.4 Å². The van der Waals surface area contributed by atoms with Crippen molar-refractivity contribution in [2.24, 2.45) is 0 Å². The van der Waals surface area contributed by atoms with Gasteiger partial charge < -0.3 is 0 Å². The van der Waals surface area contributed by atoms with Crippen LogP contribution in [0, 0.1) is 13.8 Å². The van der Waals surface area contributed by atoms with Gasteiger partial charge in [-0.15, -0.1) is 0 Å². The topological polar surface area (TPSA) is 25.8 Å². The van der Waals surface area contributed by atoms with Crippen LogP contribution in [0.15, 0.2) is 30.3 Å². The van der Waals surface area contributed by atoms with E-state index < -0.39 is 0 Å². The Morgan fingerprint density at radius 2 is 1.53 bits per heavy atom. The van der Waals surface area contributed by atoms with Crippen LogP contribution in [0.2, 0.25) is 0 Å². The molecular formula is C15H18N2. The Kier molecular flexibility index (Phi) is 3.23. The first kappa shape index (κ1) is 11.8. The lowest BCUT2D eigenvalue weighted by atomic mass is 10.1. The average Bonchev–Trinajstić information content (AvgIpc) is 2.29. The predicted octanol–water partition coefficient (Wildman–Crippen LogP) is 3.88. The molecule has 0 aliphatic heterocycles. The number of aromatic nitrogens is 2. The first-order chi connectivity index (χ1) is 8.09. The zero-order chi connectivity index (χ0) is 12.4. The van der Waals surface area contributed by atoms with Gasteiger partial charge in [0.25, 0.3) is 0 Å². The maximum Gasteiger partial charge on any atom is 0.0918 e. The van der Waals surface area contributed by atoms with E-state index in [1.165, 1.54) is 0 Å². The molecule has 0 saturated heterocycles. The Hall–Kier alpha value is -1.70. The minimum absolute atomic E-state index is 0.408. The Labute approximate surface area is 103 Å². The monoisotopic (exact) mass is 226 g/mol. The van der Waals surface area contributed by atoms with Gasteiger partial charge in [0.15, 0.2) is 0 Å². The highest BCUT2D eigenvalue weighted by Gasteiger charge is 2.12. The highest BCUT2D eigenvalue weighted by atomic mass is 14.8. The minimum atomic E-state index is 0.408. The van der Waals surface area contributed by atoms with E-state index in [0.717, 1.165) is 28.3 Å². The van der Waals surface area contributed by atoms with Gasteiger partial charge in [-0.3, -0.25) is 4.98 Å². The molecule has 0 unspecified atom stereocenters. The van der Waals surface area contributed by atoms with Crippen LogP contribution in [0.25, 0.3) is 11.3 Å². The maximum absolute atomic E-state index is 4.78. The van der Waals surface area contributed by atoms with Crippen molar-refractivity contribution in [2.75, 3.05) is 0 Å². The summed E-state index contributed by atoms with van der Waals surface area (Å²) in [6, 6.07) is 10.2. The summed E-state index contributed by atoms with van der Waals surface area (Å²) in [7, 11) is 0. The van der Waals surface area contributed by atoms with Crippen molar-refractivity contribution in [2.45, 2.75) is 33.6 Å². The highest BCUT2D eigenvalue weighted by molar-refractivity contribution is 5.61. The molecule has 1 aromatic heterocycles. The summed E-state index contributed by atoms with van der Waals surface area (Å²) in [4.78, 5) is 9.39. The van der Waals surface area contributed by atoms with Crippen LogP contribution in [-0.2, 0) is 0 Å². The van der Waals surface area contributed by atoms with Gasteiger partial charge in [0.1, 0.15) is 0 Å². The van der Waals surface area contributed by atoms with Gasteiger partial charge in [0, 0.05) is 5.56 Å². The second-order valence-electron chi connectivity index (χ2n) is 4.65. The molecule has 0 fully saturated rings. The summed E-state index contributed by atoms with van der Waals surface area (Å²) in [5, 5.41) is 0. The summed E-state index contributed by atoms with van der Waals surface area (Å²) >= 11 is 0. The van der Waals surface area contributed by atoms with Crippen molar-refractivity contribution < 1.29 is 0 Å². The molecule has 0 N–H and O–H groups in total. The normalized spacial score (nSPS) is 10.9. The molecule has 2 nitrogen and oxygen atoms in total. The first-order valence-corrected chi connectivity index (χ1v) is 6.00. The number of benzene rings is 1. The number of rotatable bonds is 2. The van der Waals surface area contributed by atoms with E-state index in [0.29, 0.717) is 5.92 Å². The molecule has 17 heavy (non-hydrogen) atoms. The summed E-state index contributed by atoms with van der Waals surface area (Å²) < 4.78 is 0. The van der Waals surface area contributed by atoms with Crippen molar-refractivity contribution in [1.29, 1.82) is 0 Å². The van der Waals surface area contributed by atoms with E-state index in [4.69, 9.17) is 4.98 Å². The number of nitrogens with zero attached hydrogens (tertiary/aromatic N) is 2. The molecule has 2 rings (SSSR count). The lowest BCUT2D eigenvalue weighted by Crippen LogP contribution is -2.04. The highest BCUT2D eigenvalue weighted by Crippen LogP contribution is 2.24. The van der Waals surface area contributed by atoms with Crippen LogP contribution in [0.3, 0.4) is 0 Å². The van der Waals surface area contributed by atoms with E-state index in [-0.39, 0.29) is 0 Å². The molecule has 0 aliphatic rings. The average molecular weight is 226 g/mol. The summed E-state index contributed by atoms with van der Waals surface area (Å²) in [6.07, 6.45) is 0. The Morgan fingerprint density at radius 3 is 2.12 bits per heavy atom. The molecular weight excluding hydrogens is 208 g/mol. The third kappa shape index (κ3) is 2.36. The number of aryl methyl sites for hydroxylation is 2. The fraction of sp³-hybridized carbons (Fsp3) is 0.333. The zero-order valence-electron chi connectivity index (χ0n) is 10.9. The van der Waals surface area contributed by atoms with Crippen LogP contribution < -0.4 is 0 Å². The standard InChI is InChI=1S/C15H18N2/c1-10(2)14-11(3)16-12(4)15(17-14)13-8-6-5-7-9-13/h5-10H,1-4H3. The minimum Gasteiger partial charge on any atom is -0.254 e. The Morgan fingerprint density at radius 1 is 0.882 bits per heavy atom. The zero-order valence-corrected chi connectivity index (χ0v) is 10.9. The number of hydrogen-bond acceptors (Lipinski definition) is 2. The van der Waals surface area contributed by atoms with Crippen LogP contribution >= 0.6 is 0 Å². The van der Waals surface area contributed by atoms with Gasteiger partial charge in [0.05, 0.1) is 22.8 Å². The molecule has 0 atom stereocenters. The second kappa shape index (κ2) is 4.66. The quantitative estimate of drug-likeness (QED) is 0.776. The lowest BCUT2D eigenvalue weighted by Gasteiger charge is -2.12. The lowest BCUT2D eigenvalue weighted by molar-refractivity contribution is 0.792. The molecule has 1 aromatic carbocycles. The molecule has 2 heteroatoms. The maximum atomic E-state index is 4.78. The first-order valence-electron chi connectivity index (χ1n) is 6.00. The molecule has 0 bridgehead atoms. The van der Waals surface area contributed by atoms with E-state index in [1.807, 2.05) is 32.0 Å². The van der Waals surface area contributed by atoms with Gasteiger partial charge in [0.2, 0.25) is 0 Å². The summed E-state index contributed by atoms with van der Waals surface area (Å²) in [6.45, 7) is 8.36. The van der Waals surface area contributed by atoms with E-state index in [1.54, 1.807) is 0 Å². The van der Waals surface area contributed by atoms with Crippen molar-refractivity contribution in [3.8, 4) is 11.3 Å². The fourth-order valence-corrected chi connectivity index (χ4v) is 2.06. The SMILES string of the molecule is Cc1nc(C)c(C(C)C)nc1-c1ccccc1. The molecule has 1 heterocycles. The van der Waals surface area contributed by atoms with Crippen molar-refractivity contribution >= 4 is 0 Å². The Balaban J connectivity index is 2.59. The smallest absolute Gasteiger partial charge is 0.0918 e. The predicted molar refractivity (Wildman–Crippen MR) is 71.0 cm³/mol. The fourth-order valence-electron chi connectivity index (χ4n) is 2.06. The summed E-state index contributed by atoms with van der Waals surface area (Å²) in [5.41, 5.74) is 5.27. The molecule has 0 spiro atoms. The largest absolute Gasteiger partial charge is 0.254 e. The molecule has 88 valence electrons. The van der Waals surface area contributed by atoms with Crippen LogP contribution in [0.5, 0.6) is 0 Å². The van der Waals surface area contributed by atoms with E-state index >= 15 is 0 Å². The van der Waals surface area contributed by atoms with Crippen LogP contribution in [0.1, 0.15) is 36.8 Å². The van der Waals surface area contributed by atoms with Gasteiger partial charge in [-0.25, -0.2) is 4.98 Å². The van der Waals surface area contributed by atoms with Gasteiger partial charge >= 0.3 is 0 Å². The van der Waals surface area contributed by atoms with Crippen molar-refractivity contribution in [3.63, 3.8) is 0 Å². The van der Waals surface area contributed by atoms with E-state index in [2.05, 4.69) is 31.0 Å². The van der Waals surface area contributed by atoms with Crippen molar-refractivity contribution in [1.82, 2.24) is 9.97 Å². The van der Waals surface area contributed by atoms with Gasteiger partial charge in [-0.2, -0.15) is 0 Å². The molecule has 0 aliphatic carbocycles. The molecule has 0 radical (unpaired) electrons. The van der Waals surface area contributed by atoms with E-state index in [9.17, 15) is 0 Å². The van der Waals surface area contributed by atoms with Gasteiger partial charge in [-0.1, -0.05) is 44.2 Å². The van der Waals surface area contributed by atoms with Gasteiger partial charge in [-0.05, 0) is 19.8 Å². The number of hydrogen-bond donors (Lipinski definition) is 0. The van der Waals surface area contributed by atoms with Crippen LogP contribution in [-0.4, -0.2) is 9.97 Å². The second-order valence-corrected chi connectivity index (χ2v) is 4.65. The third-order valence-corrected chi connectivity index (χ3v) is 2.88. The van der Waals surface area contributed by atoms with Crippen LogP contribution in [0.4, 0.5) is 0 Å². The summed E-state index contributed by atoms with van der Waals surface area (Å²) in [5.74, 6) is 0.408. The third-order valence-electron chi connectivity index (χ3n) is 2.88. The molecule has 0 saturated carbocycles.